The van der Waals surface area contributed by atoms with E-state index in [0.717, 1.165) is 0 Å². The smallest absolute Gasteiger partial charge is 0.286 e. The first-order chi connectivity index (χ1) is 22.2. The topological polar surface area (TPSA) is 181 Å². The normalized spacial score (nSPS) is 58.0. The fourth-order valence-corrected chi connectivity index (χ4v) is 9.42. The molecule has 13 heteroatoms. The van der Waals surface area contributed by atoms with E-state index in [1.807, 2.05) is 41.5 Å². The molecule has 0 aromatic carbocycles. The Bertz CT molecular complexity index is 1120. The molecule has 0 aromatic rings. The highest BCUT2D eigenvalue weighted by Gasteiger charge is 2.64. The predicted octanol–water partition coefficient (Wildman–Crippen LogP) is 2.18. The zero-order valence-corrected chi connectivity index (χ0v) is 30.7. The molecule has 0 aromatic heterocycles. The molecule has 5 rings (SSSR count). The van der Waals surface area contributed by atoms with E-state index in [9.17, 15) is 20.4 Å². The van der Waals surface area contributed by atoms with Gasteiger partial charge in [0.25, 0.3) is 5.97 Å². The van der Waals surface area contributed by atoms with Crippen LogP contribution in [0.15, 0.2) is 0 Å². The van der Waals surface area contributed by atoms with E-state index >= 15 is 0 Å². The minimum Gasteiger partial charge on any atom is -0.387 e. The number of hydrogen-bond acceptors (Lipinski definition) is 13. The van der Waals surface area contributed by atoms with Gasteiger partial charge in [-0.2, -0.15) is 0 Å². The van der Waals surface area contributed by atoms with Crippen molar-refractivity contribution in [1.29, 1.82) is 0 Å². The van der Waals surface area contributed by atoms with Gasteiger partial charge in [-0.1, -0.05) is 34.6 Å². The summed E-state index contributed by atoms with van der Waals surface area (Å²) in [7, 11) is 1.54. The van der Waals surface area contributed by atoms with E-state index in [4.69, 9.17) is 43.6 Å². The number of nitrogens with two attached hydrogens (primary N) is 1. The number of ether oxygens (including phenoxy) is 8. The first-order valence-corrected chi connectivity index (χ1v) is 18.0. The summed E-state index contributed by atoms with van der Waals surface area (Å²) < 4.78 is 51.6. The molecule has 48 heavy (non-hydrogen) atoms. The first kappa shape index (κ1) is 38.7. The molecule has 280 valence electrons. The largest absolute Gasteiger partial charge is 0.387 e. The van der Waals surface area contributed by atoms with Crippen molar-refractivity contribution < 1.29 is 58.3 Å². The van der Waals surface area contributed by atoms with Crippen LogP contribution in [0.5, 0.6) is 0 Å². The van der Waals surface area contributed by atoms with Crippen LogP contribution < -0.4 is 5.73 Å². The van der Waals surface area contributed by atoms with Gasteiger partial charge in [0.15, 0.2) is 12.6 Å². The Morgan fingerprint density at radius 2 is 1.54 bits per heavy atom. The lowest BCUT2D eigenvalue weighted by Gasteiger charge is -2.55. The van der Waals surface area contributed by atoms with Crippen molar-refractivity contribution in [3.05, 3.63) is 0 Å². The lowest BCUT2D eigenvalue weighted by atomic mass is 9.74. The molecule has 5 aliphatic rings. The van der Waals surface area contributed by atoms with E-state index in [1.165, 1.54) is 0 Å². The Morgan fingerprint density at radius 3 is 2.17 bits per heavy atom. The monoisotopic (exact) mass is 689 g/mol. The molecule has 6 unspecified atom stereocenters. The maximum absolute atomic E-state index is 12.4. The standard InChI is InChI=1S/C35H63NO12/c1-12-23-34(10,39)30-18(4)26-16(2)14-33(9,47-26)29(45-31-25(37)22(36)13-17(3)42-31)19(5)27(20(6)35(40,46-23)48-30)44-24-15-32(8,41-11)28(38)21(7)43-24/h16-31,37-40H,12-15,36H2,1-11H3/t16-,17?,18-,19-,20+,21?,22?,23+,24-,25?,26?,27-,28-,29+,30+,31-,32?,33+,34+,35-/m0/s1. The van der Waals surface area contributed by atoms with Crippen molar-refractivity contribution in [3.63, 3.8) is 0 Å². The highest BCUT2D eigenvalue weighted by Crippen LogP contribution is 2.52. The molecular formula is C35H63NO12. The molecule has 0 aliphatic carbocycles. The summed E-state index contributed by atoms with van der Waals surface area (Å²) in [6, 6.07) is -0.544. The molecule has 0 spiro atoms. The Morgan fingerprint density at radius 1 is 0.875 bits per heavy atom. The van der Waals surface area contributed by atoms with E-state index in [-0.39, 0.29) is 30.5 Å². The van der Waals surface area contributed by atoms with Gasteiger partial charge in [0, 0.05) is 31.4 Å². The zero-order valence-electron chi connectivity index (χ0n) is 30.7. The number of rotatable bonds is 6. The van der Waals surface area contributed by atoms with Crippen molar-refractivity contribution in [3.8, 4) is 0 Å². The lowest BCUT2D eigenvalue weighted by Crippen LogP contribution is -2.69. The van der Waals surface area contributed by atoms with Crippen LogP contribution in [0.4, 0.5) is 0 Å². The lowest BCUT2D eigenvalue weighted by molar-refractivity contribution is -0.481. The minimum atomic E-state index is -2.18. The summed E-state index contributed by atoms with van der Waals surface area (Å²) >= 11 is 0. The molecule has 20 atom stereocenters. The number of methoxy groups -OCH3 is 1. The molecule has 5 heterocycles. The maximum atomic E-state index is 12.4. The van der Waals surface area contributed by atoms with Crippen LogP contribution in [0.25, 0.3) is 0 Å². The summed E-state index contributed by atoms with van der Waals surface area (Å²) in [4.78, 5) is 0. The minimum absolute atomic E-state index is 0.0136. The molecule has 6 N–H and O–H groups in total. The zero-order chi connectivity index (χ0) is 35.7. The quantitative estimate of drug-likeness (QED) is 0.274. The van der Waals surface area contributed by atoms with Gasteiger partial charge in [0.05, 0.1) is 59.8 Å². The molecule has 5 aliphatic heterocycles. The average molecular weight is 690 g/mol. The Hall–Kier alpha value is -0.520. The molecule has 13 nitrogen and oxygen atoms in total. The second-order valence-electron chi connectivity index (χ2n) is 16.3. The van der Waals surface area contributed by atoms with Crippen molar-refractivity contribution in [1.82, 2.24) is 0 Å². The summed E-state index contributed by atoms with van der Waals surface area (Å²) in [6.07, 6.45) is -6.63. The van der Waals surface area contributed by atoms with E-state index < -0.39 is 96.0 Å². The molecule has 0 radical (unpaired) electrons. The SMILES string of the molecule is CC[C@H]1O[C@]2(O)O[C@H]([C@@H](C)C3O[C@](C)(C[C@@H]3C)[C@H](O[C@@H]3OC(C)CC(N)C3O)[C@@H](C)[C@H](O[C@H]3CC(C)(OC)[C@@H](O)C(C)O3)[C@H]2C)[C@]1(C)O. The molecule has 0 saturated carbocycles. The fourth-order valence-electron chi connectivity index (χ4n) is 9.42. The highest BCUT2D eigenvalue weighted by molar-refractivity contribution is 5.07. The number of fused-ring (bicyclic) bond motifs is 4. The van der Waals surface area contributed by atoms with Crippen molar-refractivity contribution >= 4 is 0 Å². The van der Waals surface area contributed by atoms with Crippen LogP contribution in [0.2, 0.25) is 0 Å². The van der Waals surface area contributed by atoms with E-state index in [0.29, 0.717) is 19.3 Å². The number of aliphatic hydroxyl groups is 4. The molecular weight excluding hydrogens is 626 g/mol. The van der Waals surface area contributed by atoms with Crippen molar-refractivity contribution in [2.24, 2.45) is 29.4 Å². The van der Waals surface area contributed by atoms with Gasteiger partial charge in [-0.3, -0.25) is 0 Å². The third-order valence-electron chi connectivity index (χ3n) is 12.3. The third-order valence-corrected chi connectivity index (χ3v) is 12.3. The van der Waals surface area contributed by atoms with Crippen LogP contribution in [0, 0.1) is 23.7 Å². The van der Waals surface area contributed by atoms with E-state index in [1.54, 1.807) is 27.9 Å². The average Bonchev–Trinajstić information content (AvgIpc) is 3.33. The van der Waals surface area contributed by atoms with Crippen LogP contribution in [0.3, 0.4) is 0 Å². The summed E-state index contributed by atoms with van der Waals surface area (Å²) in [6.45, 7) is 18.9. The summed E-state index contributed by atoms with van der Waals surface area (Å²) in [5.41, 5.74) is 3.01. The van der Waals surface area contributed by atoms with Crippen LogP contribution >= 0.6 is 0 Å². The number of hydrogen-bond donors (Lipinski definition) is 5. The Labute approximate surface area is 286 Å². The summed E-state index contributed by atoms with van der Waals surface area (Å²) in [5, 5.41) is 46.4. The van der Waals surface area contributed by atoms with Gasteiger partial charge in [-0.25, -0.2) is 0 Å². The van der Waals surface area contributed by atoms with Gasteiger partial charge in [-0.15, -0.1) is 0 Å². The first-order valence-electron chi connectivity index (χ1n) is 18.0. The molecule has 0 amide bonds. The van der Waals surface area contributed by atoms with Gasteiger partial charge in [0.1, 0.15) is 17.8 Å². The summed E-state index contributed by atoms with van der Waals surface area (Å²) in [5.74, 6) is -3.95. The van der Waals surface area contributed by atoms with Crippen LogP contribution in [0.1, 0.15) is 94.9 Å². The van der Waals surface area contributed by atoms with Crippen LogP contribution in [-0.2, 0) is 37.9 Å². The maximum Gasteiger partial charge on any atom is 0.286 e. The highest BCUT2D eigenvalue weighted by atomic mass is 16.8. The Kier molecular flexibility index (Phi) is 11.1. The fraction of sp³-hybridized carbons (Fsp3) is 1.00. The van der Waals surface area contributed by atoms with Gasteiger partial charge in [-0.05, 0) is 59.8 Å². The number of aliphatic hydroxyl groups excluding tert-OH is 2. The van der Waals surface area contributed by atoms with Gasteiger partial charge in [0.2, 0.25) is 0 Å². The second kappa shape index (κ2) is 13.8. The molecule has 4 bridgehead atoms. The molecule has 5 fully saturated rings. The van der Waals surface area contributed by atoms with Crippen LogP contribution in [-0.4, -0.2) is 124 Å². The third kappa shape index (κ3) is 6.75. The van der Waals surface area contributed by atoms with Crippen molar-refractivity contribution in [2.45, 2.75) is 191 Å². The van der Waals surface area contributed by atoms with Gasteiger partial charge < -0.3 is 64.1 Å². The second-order valence-corrected chi connectivity index (χ2v) is 16.3. The van der Waals surface area contributed by atoms with E-state index in [2.05, 4.69) is 6.92 Å². The van der Waals surface area contributed by atoms with Crippen molar-refractivity contribution in [2.75, 3.05) is 7.11 Å². The predicted molar refractivity (Wildman–Crippen MR) is 173 cm³/mol. The van der Waals surface area contributed by atoms with Gasteiger partial charge >= 0.3 is 0 Å². The Balaban J connectivity index is 1.62. The molecule has 5 saturated heterocycles.